The average molecular weight is 349 g/mol. The Bertz CT molecular complexity index is 187. The highest BCUT2D eigenvalue weighted by Crippen LogP contribution is 1.94. The van der Waals surface area contributed by atoms with Gasteiger partial charge >= 0.3 is 0 Å². The molecule has 0 unspecified atom stereocenters. The molecule has 0 aromatic carbocycles. The standard InChI is InChI=1S/C17H36O5Si/c1-3-5-7-8-18-9-10-19-11-12-20-13-14-21-15-16-22-23-17-6-4-2/h3-17H2,1-2H3. The van der Waals surface area contributed by atoms with Crippen LogP contribution >= 0.6 is 0 Å². The molecule has 2 radical (unpaired) electrons. The second-order valence-electron chi connectivity index (χ2n) is 5.25. The Morgan fingerprint density at radius 2 is 1.00 bits per heavy atom. The van der Waals surface area contributed by atoms with E-state index < -0.39 is 0 Å². The van der Waals surface area contributed by atoms with E-state index in [9.17, 15) is 0 Å². The van der Waals surface area contributed by atoms with Gasteiger partial charge in [0.05, 0.1) is 52.9 Å². The van der Waals surface area contributed by atoms with E-state index in [4.69, 9.17) is 23.4 Å². The van der Waals surface area contributed by atoms with Crippen LogP contribution in [0.4, 0.5) is 0 Å². The fraction of sp³-hybridized carbons (Fsp3) is 1.00. The van der Waals surface area contributed by atoms with Crippen molar-refractivity contribution in [3.8, 4) is 0 Å². The van der Waals surface area contributed by atoms with Gasteiger partial charge in [0.1, 0.15) is 0 Å². The van der Waals surface area contributed by atoms with E-state index in [2.05, 4.69) is 13.8 Å². The highest BCUT2D eigenvalue weighted by Gasteiger charge is 1.94. The Morgan fingerprint density at radius 1 is 0.522 bits per heavy atom. The largest absolute Gasteiger partial charge is 0.415 e. The summed E-state index contributed by atoms with van der Waals surface area (Å²) in [5, 5.41) is 0. The molecular formula is C17H36O5Si. The van der Waals surface area contributed by atoms with Gasteiger partial charge in [0, 0.05) is 6.61 Å². The topological polar surface area (TPSA) is 46.2 Å². The van der Waals surface area contributed by atoms with Gasteiger partial charge in [-0.15, -0.1) is 0 Å². The van der Waals surface area contributed by atoms with Crippen molar-refractivity contribution in [2.45, 2.75) is 52.0 Å². The second kappa shape index (κ2) is 22.0. The highest BCUT2D eigenvalue weighted by molar-refractivity contribution is 6.26. The first-order chi connectivity index (χ1) is 11.4. The Balaban J connectivity index is 2.92. The van der Waals surface area contributed by atoms with E-state index in [1.807, 2.05) is 0 Å². The molecule has 0 atom stereocenters. The zero-order valence-electron chi connectivity index (χ0n) is 15.1. The summed E-state index contributed by atoms with van der Waals surface area (Å²) in [5.41, 5.74) is 0. The van der Waals surface area contributed by atoms with Gasteiger partial charge in [-0.05, 0) is 12.5 Å². The van der Waals surface area contributed by atoms with Crippen molar-refractivity contribution in [1.29, 1.82) is 0 Å². The number of unbranched alkanes of at least 4 members (excludes halogenated alkanes) is 3. The third kappa shape index (κ3) is 22.0. The van der Waals surface area contributed by atoms with Gasteiger partial charge in [0.25, 0.3) is 0 Å². The lowest BCUT2D eigenvalue weighted by atomic mass is 10.3. The molecule has 0 N–H and O–H groups in total. The first kappa shape index (κ1) is 23.0. The molecule has 6 heteroatoms. The molecule has 138 valence electrons. The number of hydrogen-bond acceptors (Lipinski definition) is 5. The summed E-state index contributed by atoms with van der Waals surface area (Å²) in [6.45, 7) is 10.3. The van der Waals surface area contributed by atoms with Crippen LogP contribution in [0.5, 0.6) is 0 Å². The molecule has 0 rings (SSSR count). The molecule has 0 bridgehead atoms. The minimum absolute atomic E-state index is 0.605. The van der Waals surface area contributed by atoms with Crippen LogP contribution in [-0.2, 0) is 23.4 Å². The van der Waals surface area contributed by atoms with Gasteiger partial charge in [-0.2, -0.15) is 0 Å². The lowest BCUT2D eigenvalue weighted by Gasteiger charge is -2.07. The van der Waals surface area contributed by atoms with Crippen molar-refractivity contribution in [1.82, 2.24) is 0 Å². The molecule has 0 spiro atoms. The predicted molar refractivity (Wildman–Crippen MR) is 94.2 cm³/mol. The summed E-state index contributed by atoms with van der Waals surface area (Å²) in [6.07, 6.45) is 6.10. The first-order valence-electron chi connectivity index (χ1n) is 9.07. The van der Waals surface area contributed by atoms with Gasteiger partial charge in [-0.25, -0.2) is 0 Å². The molecule has 23 heavy (non-hydrogen) atoms. The quantitative estimate of drug-likeness (QED) is 0.250. The van der Waals surface area contributed by atoms with E-state index in [1.54, 1.807) is 0 Å². The lowest BCUT2D eigenvalue weighted by molar-refractivity contribution is -0.00478. The van der Waals surface area contributed by atoms with Gasteiger partial charge in [-0.1, -0.05) is 39.5 Å². The minimum atomic E-state index is 0.605. The molecule has 0 aliphatic carbocycles. The summed E-state index contributed by atoms with van der Waals surface area (Å²) in [4.78, 5) is 0. The minimum Gasteiger partial charge on any atom is -0.415 e. The predicted octanol–water partition coefficient (Wildman–Crippen LogP) is 3.10. The van der Waals surface area contributed by atoms with Crippen LogP contribution in [0.3, 0.4) is 0 Å². The van der Waals surface area contributed by atoms with Crippen LogP contribution in [-0.4, -0.2) is 69.2 Å². The molecule has 0 saturated carbocycles. The lowest BCUT2D eigenvalue weighted by Crippen LogP contribution is -2.13. The van der Waals surface area contributed by atoms with Crippen molar-refractivity contribution in [3.05, 3.63) is 0 Å². The van der Waals surface area contributed by atoms with Gasteiger partial charge in [-0.3, -0.25) is 0 Å². The average Bonchev–Trinajstić information content (AvgIpc) is 2.57. The third-order valence-corrected chi connectivity index (χ3v) is 4.04. The van der Waals surface area contributed by atoms with E-state index in [0.717, 1.165) is 13.0 Å². The zero-order valence-corrected chi connectivity index (χ0v) is 16.1. The molecule has 0 amide bonds. The van der Waals surface area contributed by atoms with Crippen molar-refractivity contribution in [2.24, 2.45) is 0 Å². The fourth-order valence-corrected chi connectivity index (χ4v) is 2.58. The monoisotopic (exact) mass is 348 g/mol. The summed E-state index contributed by atoms with van der Waals surface area (Å²) in [7, 11) is 0.612. The second-order valence-corrected chi connectivity index (χ2v) is 6.33. The SMILES string of the molecule is CCCCCOCCOCCOCCOCCO[Si]CCCC. The Hall–Kier alpha value is 0.0169. The molecule has 0 heterocycles. The maximum atomic E-state index is 5.48. The molecule has 0 aromatic heterocycles. The Labute approximate surface area is 145 Å². The van der Waals surface area contributed by atoms with Gasteiger partial charge in [0.15, 0.2) is 0 Å². The van der Waals surface area contributed by atoms with Crippen molar-refractivity contribution in [3.63, 3.8) is 0 Å². The van der Waals surface area contributed by atoms with E-state index in [-0.39, 0.29) is 0 Å². The van der Waals surface area contributed by atoms with Crippen LogP contribution in [0.1, 0.15) is 46.0 Å². The number of hydrogen-bond donors (Lipinski definition) is 0. The Morgan fingerprint density at radius 3 is 1.52 bits per heavy atom. The van der Waals surface area contributed by atoms with E-state index >= 15 is 0 Å². The molecule has 0 aliphatic heterocycles. The van der Waals surface area contributed by atoms with E-state index in [0.29, 0.717) is 62.6 Å². The molecule has 0 aliphatic rings. The smallest absolute Gasteiger partial charge is 0.229 e. The summed E-state index contributed by atoms with van der Waals surface area (Å²) in [6, 6.07) is 1.17. The summed E-state index contributed by atoms with van der Waals surface area (Å²) < 4.78 is 27.2. The van der Waals surface area contributed by atoms with Crippen LogP contribution < -0.4 is 0 Å². The van der Waals surface area contributed by atoms with Gasteiger partial charge < -0.3 is 23.4 Å². The Kier molecular flexibility index (Phi) is 22.0. The third-order valence-electron chi connectivity index (χ3n) is 3.07. The molecule has 0 fully saturated rings. The molecular weight excluding hydrogens is 312 g/mol. The number of rotatable bonds is 20. The van der Waals surface area contributed by atoms with Crippen molar-refractivity contribution in [2.75, 3.05) is 59.5 Å². The first-order valence-corrected chi connectivity index (χ1v) is 10.2. The van der Waals surface area contributed by atoms with Crippen molar-refractivity contribution < 1.29 is 23.4 Å². The molecule has 0 aromatic rings. The van der Waals surface area contributed by atoms with Crippen LogP contribution in [0, 0.1) is 0 Å². The fourth-order valence-electron chi connectivity index (χ4n) is 1.71. The van der Waals surface area contributed by atoms with Gasteiger partial charge in [0.2, 0.25) is 9.76 Å². The molecule has 5 nitrogen and oxygen atoms in total. The zero-order chi connectivity index (χ0) is 16.8. The van der Waals surface area contributed by atoms with Crippen molar-refractivity contribution >= 4 is 9.76 Å². The maximum absolute atomic E-state index is 5.48. The molecule has 0 saturated heterocycles. The normalized spacial score (nSPS) is 11.2. The van der Waals surface area contributed by atoms with Crippen LogP contribution in [0.15, 0.2) is 0 Å². The maximum Gasteiger partial charge on any atom is 0.229 e. The number of ether oxygens (including phenoxy) is 4. The highest BCUT2D eigenvalue weighted by atomic mass is 28.2. The van der Waals surface area contributed by atoms with E-state index in [1.165, 1.54) is 31.7 Å². The summed E-state index contributed by atoms with van der Waals surface area (Å²) >= 11 is 0. The van der Waals surface area contributed by atoms with Crippen LogP contribution in [0.2, 0.25) is 6.04 Å². The summed E-state index contributed by atoms with van der Waals surface area (Å²) in [5.74, 6) is 0. The van der Waals surface area contributed by atoms with Crippen LogP contribution in [0.25, 0.3) is 0 Å².